The SMILES string of the molecule is CCCCCCCC(=O)OC[C@@H](COC(=O)CCCCCCCCCCCCCCCCCC(C)C)OC(=O)CCCCCCCCCC(C)C. The smallest absolute Gasteiger partial charge is 0.306 e. The highest BCUT2D eigenvalue weighted by atomic mass is 16.6. The standard InChI is InChI=1S/C45H86O6/c1-6-7-8-23-30-35-43(46)49-38-42(51-45(48)37-32-27-22-18-20-25-29-34-41(4)5)39-50-44(47)36-31-26-21-17-15-13-11-9-10-12-14-16-19-24-28-33-40(2)3/h40-42H,6-39H2,1-5H3/t42-/m0/s1. The van der Waals surface area contributed by atoms with Gasteiger partial charge in [-0.1, -0.05) is 202 Å². The van der Waals surface area contributed by atoms with Crippen LogP contribution in [0.4, 0.5) is 0 Å². The molecule has 0 saturated carbocycles. The fourth-order valence-corrected chi connectivity index (χ4v) is 6.58. The molecular formula is C45H86O6. The van der Waals surface area contributed by atoms with Gasteiger partial charge in [0.2, 0.25) is 0 Å². The first-order valence-corrected chi connectivity index (χ1v) is 22.2. The van der Waals surface area contributed by atoms with Gasteiger partial charge in [-0.25, -0.2) is 0 Å². The van der Waals surface area contributed by atoms with E-state index in [1.54, 1.807) is 0 Å². The Labute approximate surface area is 317 Å². The zero-order chi connectivity index (χ0) is 37.6. The van der Waals surface area contributed by atoms with Crippen LogP contribution in [0.1, 0.15) is 240 Å². The molecule has 0 fully saturated rings. The molecule has 0 heterocycles. The number of unbranched alkanes of at least 4 members (excludes halogenated alkanes) is 24. The van der Waals surface area contributed by atoms with Crippen LogP contribution >= 0.6 is 0 Å². The highest BCUT2D eigenvalue weighted by Gasteiger charge is 2.19. The molecule has 0 aliphatic heterocycles. The Kier molecular flexibility index (Phi) is 37.0. The minimum absolute atomic E-state index is 0.0664. The van der Waals surface area contributed by atoms with Crippen LogP contribution in [0.25, 0.3) is 0 Å². The summed E-state index contributed by atoms with van der Waals surface area (Å²) in [7, 11) is 0. The van der Waals surface area contributed by atoms with Gasteiger partial charge in [0.05, 0.1) is 0 Å². The van der Waals surface area contributed by atoms with Gasteiger partial charge < -0.3 is 14.2 Å². The molecule has 0 rings (SSSR count). The molecule has 0 spiro atoms. The van der Waals surface area contributed by atoms with E-state index in [0.29, 0.717) is 19.3 Å². The molecule has 0 aliphatic rings. The van der Waals surface area contributed by atoms with E-state index in [1.165, 1.54) is 122 Å². The third-order valence-electron chi connectivity index (χ3n) is 9.97. The summed E-state index contributed by atoms with van der Waals surface area (Å²) in [5.74, 6) is 0.752. The van der Waals surface area contributed by atoms with Gasteiger partial charge in [-0.15, -0.1) is 0 Å². The van der Waals surface area contributed by atoms with Gasteiger partial charge in [-0.05, 0) is 31.1 Å². The fraction of sp³-hybridized carbons (Fsp3) is 0.933. The zero-order valence-electron chi connectivity index (χ0n) is 34.7. The summed E-state index contributed by atoms with van der Waals surface area (Å²) in [5.41, 5.74) is 0. The predicted octanol–water partition coefficient (Wildman–Crippen LogP) is 13.8. The molecule has 6 nitrogen and oxygen atoms in total. The third kappa shape index (κ3) is 39.5. The number of carbonyl (C=O) groups is 3. The molecule has 0 radical (unpaired) electrons. The Balaban J connectivity index is 4.12. The monoisotopic (exact) mass is 723 g/mol. The van der Waals surface area contributed by atoms with Crippen molar-refractivity contribution in [3.63, 3.8) is 0 Å². The largest absolute Gasteiger partial charge is 0.462 e. The average Bonchev–Trinajstić information content (AvgIpc) is 3.09. The summed E-state index contributed by atoms with van der Waals surface area (Å²) in [6, 6.07) is 0. The summed E-state index contributed by atoms with van der Waals surface area (Å²) in [6.07, 6.45) is 35.6. The summed E-state index contributed by atoms with van der Waals surface area (Å²) in [5, 5.41) is 0. The van der Waals surface area contributed by atoms with E-state index in [0.717, 1.165) is 76.0 Å². The van der Waals surface area contributed by atoms with E-state index in [2.05, 4.69) is 34.6 Å². The van der Waals surface area contributed by atoms with E-state index >= 15 is 0 Å². The topological polar surface area (TPSA) is 78.9 Å². The molecule has 302 valence electrons. The maximum atomic E-state index is 12.6. The second kappa shape index (κ2) is 38.1. The van der Waals surface area contributed by atoms with Crippen LogP contribution in [0, 0.1) is 11.8 Å². The normalized spacial score (nSPS) is 12.1. The molecule has 0 amide bonds. The molecule has 0 aromatic heterocycles. The van der Waals surface area contributed by atoms with E-state index in [-0.39, 0.29) is 31.1 Å². The quantitative estimate of drug-likeness (QED) is 0.0357. The van der Waals surface area contributed by atoms with E-state index < -0.39 is 6.10 Å². The van der Waals surface area contributed by atoms with Crippen molar-refractivity contribution in [2.24, 2.45) is 11.8 Å². The van der Waals surface area contributed by atoms with Gasteiger partial charge in [0.15, 0.2) is 6.10 Å². The fourth-order valence-electron chi connectivity index (χ4n) is 6.58. The van der Waals surface area contributed by atoms with Crippen molar-refractivity contribution in [3.05, 3.63) is 0 Å². The first-order chi connectivity index (χ1) is 24.7. The molecule has 0 saturated heterocycles. The van der Waals surface area contributed by atoms with Crippen molar-refractivity contribution in [1.29, 1.82) is 0 Å². The lowest BCUT2D eigenvalue weighted by molar-refractivity contribution is -0.167. The van der Waals surface area contributed by atoms with Gasteiger partial charge in [0.25, 0.3) is 0 Å². The Morgan fingerprint density at radius 1 is 0.373 bits per heavy atom. The number of rotatable bonds is 39. The molecule has 0 aliphatic carbocycles. The minimum atomic E-state index is -0.758. The predicted molar refractivity (Wildman–Crippen MR) is 215 cm³/mol. The molecule has 51 heavy (non-hydrogen) atoms. The van der Waals surface area contributed by atoms with Crippen molar-refractivity contribution in [1.82, 2.24) is 0 Å². The minimum Gasteiger partial charge on any atom is -0.462 e. The number of carbonyl (C=O) groups excluding carboxylic acids is 3. The molecule has 0 aromatic carbocycles. The zero-order valence-corrected chi connectivity index (χ0v) is 34.7. The molecule has 0 N–H and O–H groups in total. The van der Waals surface area contributed by atoms with Crippen LogP contribution in [-0.4, -0.2) is 37.2 Å². The van der Waals surface area contributed by atoms with Crippen LogP contribution in [-0.2, 0) is 28.6 Å². The van der Waals surface area contributed by atoms with Gasteiger partial charge in [0.1, 0.15) is 13.2 Å². The second-order valence-electron chi connectivity index (χ2n) is 16.3. The maximum Gasteiger partial charge on any atom is 0.306 e. The van der Waals surface area contributed by atoms with Crippen molar-refractivity contribution >= 4 is 17.9 Å². The lowest BCUT2D eigenvalue weighted by atomic mass is 10.0. The molecule has 1 atom stereocenters. The lowest BCUT2D eigenvalue weighted by Crippen LogP contribution is -2.30. The molecule has 6 heteroatoms. The molecule has 0 aromatic rings. The van der Waals surface area contributed by atoms with Crippen molar-refractivity contribution < 1.29 is 28.6 Å². The Hall–Kier alpha value is -1.59. The first kappa shape index (κ1) is 49.4. The first-order valence-electron chi connectivity index (χ1n) is 22.2. The third-order valence-corrected chi connectivity index (χ3v) is 9.97. The Bertz CT molecular complexity index is 779. The van der Waals surface area contributed by atoms with Gasteiger partial charge in [0, 0.05) is 19.3 Å². The number of hydrogen-bond acceptors (Lipinski definition) is 6. The summed E-state index contributed by atoms with van der Waals surface area (Å²) in [4.78, 5) is 37.4. The van der Waals surface area contributed by atoms with Crippen LogP contribution in [0.15, 0.2) is 0 Å². The van der Waals surface area contributed by atoms with Gasteiger partial charge in [-0.2, -0.15) is 0 Å². The van der Waals surface area contributed by atoms with Gasteiger partial charge >= 0.3 is 17.9 Å². The highest BCUT2D eigenvalue weighted by Crippen LogP contribution is 2.16. The summed E-state index contributed by atoms with van der Waals surface area (Å²) >= 11 is 0. The molecular weight excluding hydrogens is 636 g/mol. The highest BCUT2D eigenvalue weighted by molar-refractivity contribution is 5.71. The van der Waals surface area contributed by atoms with Crippen molar-refractivity contribution in [2.75, 3.05) is 13.2 Å². The molecule has 0 bridgehead atoms. The number of esters is 3. The van der Waals surface area contributed by atoms with Crippen molar-refractivity contribution in [3.8, 4) is 0 Å². The van der Waals surface area contributed by atoms with Crippen LogP contribution < -0.4 is 0 Å². The lowest BCUT2D eigenvalue weighted by Gasteiger charge is -2.18. The van der Waals surface area contributed by atoms with Crippen LogP contribution in [0.2, 0.25) is 0 Å². The van der Waals surface area contributed by atoms with Crippen LogP contribution in [0.3, 0.4) is 0 Å². The number of hydrogen-bond donors (Lipinski definition) is 0. The van der Waals surface area contributed by atoms with Crippen molar-refractivity contribution in [2.45, 2.75) is 246 Å². The molecule has 0 unspecified atom stereocenters. The second-order valence-corrected chi connectivity index (χ2v) is 16.3. The van der Waals surface area contributed by atoms with E-state index in [1.807, 2.05) is 0 Å². The van der Waals surface area contributed by atoms with E-state index in [9.17, 15) is 14.4 Å². The van der Waals surface area contributed by atoms with Gasteiger partial charge in [-0.3, -0.25) is 14.4 Å². The Morgan fingerprint density at radius 2 is 0.647 bits per heavy atom. The number of ether oxygens (including phenoxy) is 3. The van der Waals surface area contributed by atoms with E-state index in [4.69, 9.17) is 14.2 Å². The summed E-state index contributed by atoms with van der Waals surface area (Å²) in [6.45, 7) is 11.2. The summed E-state index contributed by atoms with van der Waals surface area (Å²) < 4.78 is 16.6. The Morgan fingerprint density at radius 3 is 0.961 bits per heavy atom. The van der Waals surface area contributed by atoms with Crippen LogP contribution in [0.5, 0.6) is 0 Å². The maximum absolute atomic E-state index is 12.6. The average molecular weight is 723 g/mol.